The molecule has 5 heteroatoms. The summed E-state index contributed by atoms with van der Waals surface area (Å²) in [6, 6.07) is -0.426. The molecular weight excluding hydrogens is 224 g/mol. The van der Waals surface area contributed by atoms with Gasteiger partial charge in [0.15, 0.2) is 0 Å². The molecule has 0 amide bonds. The van der Waals surface area contributed by atoms with E-state index in [0.29, 0.717) is 13.0 Å². The third kappa shape index (κ3) is 4.28. The number of hydrogen-bond acceptors (Lipinski definition) is 4. The van der Waals surface area contributed by atoms with Crippen molar-refractivity contribution in [2.75, 3.05) is 6.54 Å². The van der Waals surface area contributed by atoms with Gasteiger partial charge in [-0.05, 0) is 13.3 Å². The molecule has 0 radical (unpaired) electrons. The Kier molecular flexibility index (Phi) is 5.42. The summed E-state index contributed by atoms with van der Waals surface area (Å²) in [7, 11) is 0. The maximum atomic E-state index is 10.9. The van der Waals surface area contributed by atoms with E-state index < -0.39 is 12.0 Å². The molecular formula is C11H18N2O2S. The van der Waals surface area contributed by atoms with Gasteiger partial charge in [-0.25, -0.2) is 4.98 Å². The van der Waals surface area contributed by atoms with Gasteiger partial charge in [-0.3, -0.25) is 4.79 Å². The SMILES string of the molecule is CCCC(NCCc1csc(C)n1)C(=O)O. The molecule has 0 spiro atoms. The molecule has 0 aliphatic rings. The van der Waals surface area contributed by atoms with Gasteiger partial charge in [0.05, 0.1) is 10.7 Å². The number of aryl methyl sites for hydroxylation is 1. The minimum absolute atomic E-state index is 0.426. The van der Waals surface area contributed by atoms with Crippen molar-refractivity contribution in [1.29, 1.82) is 0 Å². The topological polar surface area (TPSA) is 62.2 Å². The second-order valence-electron chi connectivity index (χ2n) is 3.74. The smallest absolute Gasteiger partial charge is 0.320 e. The van der Waals surface area contributed by atoms with E-state index >= 15 is 0 Å². The van der Waals surface area contributed by atoms with E-state index in [1.807, 2.05) is 19.2 Å². The minimum Gasteiger partial charge on any atom is -0.480 e. The highest BCUT2D eigenvalue weighted by Crippen LogP contribution is 2.08. The molecule has 0 saturated heterocycles. The third-order valence-electron chi connectivity index (χ3n) is 2.31. The van der Waals surface area contributed by atoms with Crippen molar-refractivity contribution in [2.45, 2.75) is 39.2 Å². The molecule has 0 fully saturated rings. The van der Waals surface area contributed by atoms with Crippen molar-refractivity contribution < 1.29 is 9.90 Å². The summed E-state index contributed by atoms with van der Waals surface area (Å²) in [6.07, 6.45) is 2.34. The standard InChI is InChI=1S/C11H18N2O2S/c1-3-4-10(11(14)15)12-6-5-9-7-16-8(2)13-9/h7,10,12H,3-6H2,1-2H3,(H,14,15). The quantitative estimate of drug-likeness (QED) is 0.766. The van der Waals surface area contributed by atoms with E-state index in [0.717, 1.165) is 23.5 Å². The Morgan fingerprint density at radius 2 is 2.44 bits per heavy atom. The fourth-order valence-corrected chi connectivity index (χ4v) is 2.15. The van der Waals surface area contributed by atoms with Gasteiger partial charge in [-0.1, -0.05) is 13.3 Å². The number of nitrogens with zero attached hydrogens (tertiary/aromatic N) is 1. The molecule has 90 valence electrons. The zero-order valence-corrected chi connectivity index (χ0v) is 10.5. The number of aliphatic carboxylic acids is 1. The van der Waals surface area contributed by atoms with Crippen LogP contribution in [0.5, 0.6) is 0 Å². The molecule has 0 aliphatic carbocycles. The van der Waals surface area contributed by atoms with Gasteiger partial charge in [0.25, 0.3) is 0 Å². The van der Waals surface area contributed by atoms with E-state index in [4.69, 9.17) is 5.11 Å². The van der Waals surface area contributed by atoms with Crippen LogP contribution in [-0.4, -0.2) is 28.6 Å². The van der Waals surface area contributed by atoms with E-state index in [1.165, 1.54) is 0 Å². The number of rotatable bonds is 7. The van der Waals surface area contributed by atoms with Crippen LogP contribution in [0.1, 0.15) is 30.5 Å². The number of carbonyl (C=O) groups is 1. The molecule has 0 aliphatic heterocycles. The van der Waals surface area contributed by atoms with Crippen LogP contribution in [0, 0.1) is 6.92 Å². The average molecular weight is 242 g/mol. The van der Waals surface area contributed by atoms with Crippen LogP contribution < -0.4 is 5.32 Å². The molecule has 1 rings (SSSR count). The van der Waals surface area contributed by atoms with Gasteiger partial charge in [-0.2, -0.15) is 0 Å². The summed E-state index contributed by atoms with van der Waals surface area (Å²) in [5.74, 6) is -0.767. The molecule has 0 aromatic carbocycles. The Morgan fingerprint density at radius 1 is 1.69 bits per heavy atom. The Labute approximate surface area is 99.7 Å². The lowest BCUT2D eigenvalue weighted by Gasteiger charge is -2.12. The van der Waals surface area contributed by atoms with Crippen LogP contribution in [0.2, 0.25) is 0 Å². The van der Waals surface area contributed by atoms with Crippen LogP contribution >= 0.6 is 11.3 Å². The number of nitrogens with one attached hydrogen (secondary N) is 1. The largest absolute Gasteiger partial charge is 0.480 e. The van der Waals surface area contributed by atoms with E-state index in [-0.39, 0.29) is 0 Å². The summed E-state index contributed by atoms with van der Waals surface area (Å²) in [6.45, 7) is 4.63. The highest BCUT2D eigenvalue weighted by molar-refractivity contribution is 7.09. The van der Waals surface area contributed by atoms with Gasteiger partial charge >= 0.3 is 5.97 Å². The van der Waals surface area contributed by atoms with Gasteiger partial charge in [0.1, 0.15) is 6.04 Å². The molecule has 1 atom stereocenters. The van der Waals surface area contributed by atoms with Crippen molar-refractivity contribution >= 4 is 17.3 Å². The zero-order chi connectivity index (χ0) is 12.0. The highest BCUT2D eigenvalue weighted by atomic mass is 32.1. The van der Waals surface area contributed by atoms with Crippen LogP contribution in [0.4, 0.5) is 0 Å². The Balaban J connectivity index is 2.30. The van der Waals surface area contributed by atoms with Gasteiger partial charge in [0, 0.05) is 18.3 Å². The Hall–Kier alpha value is -0.940. The van der Waals surface area contributed by atoms with Crippen molar-refractivity contribution in [3.05, 3.63) is 16.1 Å². The average Bonchev–Trinajstić information content (AvgIpc) is 2.63. The second-order valence-corrected chi connectivity index (χ2v) is 4.80. The van der Waals surface area contributed by atoms with Crippen molar-refractivity contribution in [3.63, 3.8) is 0 Å². The van der Waals surface area contributed by atoms with Crippen LogP contribution in [0.15, 0.2) is 5.38 Å². The number of carboxylic acid groups (broad SMARTS) is 1. The number of aromatic nitrogens is 1. The highest BCUT2D eigenvalue weighted by Gasteiger charge is 2.14. The first-order chi connectivity index (χ1) is 7.63. The predicted octanol–water partition coefficient (Wildman–Crippen LogP) is 1.84. The van der Waals surface area contributed by atoms with Crippen molar-refractivity contribution in [2.24, 2.45) is 0 Å². The number of hydrogen-bond donors (Lipinski definition) is 2. The maximum Gasteiger partial charge on any atom is 0.320 e. The molecule has 1 unspecified atom stereocenters. The van der Waals surface area contributed by atoms with Crippen molar-refractivity contribution in [1.82, 2.24) is 10.3 Å². The molecule has 4 nitrogen and oxygen atoms in total. The van der Waals surface area contributed by atoms with E-state index in [1.54, 1.807) is 11.3 Å². The number of carboxylic acids is 1. The Bertz CT molecular complexity index is 338. The lowest BCUT2D eigenvalue weighted by atomic mass is 10.1. The molecule has 1 aromatic heterocycles. The summed E-state index contributed by atoms with van der Waals surface area (Å²) in [5, 5.41) is 15.0. The zero-order valence-electron chi connectivity index (χ0n) is 9.69. The predicted molar refractivity (Wildman–Crippen MR) is 64.9 cm³/mol. The molecule has 2 N–H and O–H groups in total. The maximum absolute atomic E-state index is 10.9. The van der Waals surface area contributed by atoms with Crippen LogP contribution in [0.3, 0.4) is 0 Å². The monoisotopic (exact) mass is 242 g/mol. The fourth-order valence-electron chi connectivity index (χ4n) is 1.50. The molecule has 1 aromatic rings. The van der Waals surface area contributed by atoms with Gasteiger partial charge in [0.2, 0.25) is 0 Å². The molecule has 16 heavy (non-hydrogen) atoms. The first-order valence-electron chi connectivity index (χ1n) is 5.50. The fraction of sp³-hybridized carbons (Fsp3) is 0.636. The first-order valence-corrected chi connectivity index (χ1v) is 6.38. The molecule has 0 bridgehead atoms. The lowest BCUT2D eigenvalue weighted by molar-refractivity contribution is -0.139. The Morgan fingerprint density at radius 3 is 2.94 bits per heavy atom. The second kappa shape index (κ2) is 6.60. The summed E-state index contributed by atoms with van der Waals surface area (Å²) in [4.78, 5) is 15.2. The molecule has 1 heterocycles. The summed E-state index contributed by atoms with van der Waals surface area (Å²) < 4.78 is 0. The normalized spacial score (nSPS) is 12.6. The first kappa shape index (κ1) is 13.1. The summed E-state index contributed by atoms with van der Waals surface area (Å²) >= 11 is 1.62. The summed E-state index contributed by atoms with van der Waals surface area (Å²) in [5.41, 5.74) is 1.04. The number of thiazole rings is 1. The minimum atomic E-state index is -0.767. The van der Waals surface area contributed by atoms with Crippen LogP contribution in [-0.2, 0) is 11.2 Å². The van der Waals surface area contributed by atoms with E-state index in [2.05, 4.69) is 10.3 Å². The van der Waals surface area contributed by atoms with E-state index in [9.17, 15) is 4.79 Å². The van der Waals surface area contributed by atoms with Crippen molar-refractivity contribution in [3.8, 4) is 0 Å². The lowest BCUT2D eigenvalue weighted by Crippen LogP contribution is -2.37. The van der Waals surface area contributed by atoms with Crippen LogP contribution in [0.25, 0.3) is 0 Å². The van der Waals surface area contributed by atoms with Gasteiger partial charge < -0.3 is 10.4 Å². The van der Waals surface area contributed by atoms with Gasteiger partial charge in [-0.15, -0.1) is 11.3 Å². The third-order valence-corrected chi connectivity index (χ3v) is 3.14. The molecule has 0 saturated carbocycles.